The van der Waals surface area contributed by atoms with Gasteiger partial charge in [-0.05, 0) is 71.5 Å². The third-order valence-electron chi connectivity index (χ3n) is 9.36. The van der Waals surface area contributed by atoms with E-state index in [1.807, 2.05) is 0 Å². The summed E-state index contributed by atoms with van der Waals surface area (Å²) in [5.74, 6) is 1.52. The van der Waals surface area contributed by atoms with Crippen molar-refractivity contribution in [2.75, 3.05) is 6.54 Å². The fraction of sp³-hybridized carbons (Fsp3) is 0.781. The highest BCUT2D eigenvalue weighted by Gasteiger charge is 2.51. The zero-order chi connectivity index (χ0) is 24.6. The van der Waals surface area contributed by atoms with Crippen LogP contribution >= 0.6 is 0 Å². The average molecular weight is 468 g/mol. The Morgan fingerprint density at radius 3 is 2.35 bits per heavy atom. The Kier molecular flexibility index (Phi) is 10.1. The maximum atomic E-state index is 12.7. The summed E-state index contributed by atoms with van der Waals surface area (Å²) in [5, 5.41) is 3.38. The van der Waals surface area contributed by atoms with Crippen molar-refractivity contribution in [3.05, 3.63) is 34.9 Å². The third kappa shape index (κ3) is 6.67. The van der Waals surface area contributed by atoms with Crippen LogP contribution < -0.4 is 5.32 Å². The molecule has 1 aromatic carbocycles. The lowest BCUT2D eigenvalue weighted by atomic mass is 9.49. The van der Waals surface area contributed by atoms with Crippen LogP contribution in [0.5, 0.6) is 0 Å². The van der Waals surface area contributed by atoms with Crippen LogP contribution in [0.15, 0.2) is 18.2 Å². The Labute approximate surface area is 211 Å². The summed E-state index contributed by atoms with van der Waals surface area (Å²) >= 11 is 0. The van der Waals surface area contributed by atoms with Crippen molar-refractivity contribution in [3.8, 4) is 0 Å². The van der Waals surface area contributed by atoms with E-state index in [2.05, 4.69) is 58.1 Å². The minimum atomic E-state index is 0.204. The van der Waals surface area contributed by atoms with Crippen LogP contribution in [0.1, 0.15) is 147 Å². The van der Waals surface area contributed by atoms with E-state index in [9.17, 15) is 4.79 Å². The molecule has 0 heterocycles. The number of hydrogen-bond acceptors (Lipinski definition) is 1. The maximum absolute atomic E-state index is 12.7. The molecule has 0 spiro atoms. The second kappa shape index (κ2) is 12.6. The van der Waals surface area contributed by atoms with Crippen LogP contribution in [0.4, 0.5) is 0 Å². The van der Waals surface area contributed by atoms with E-state index in [1.54, 1.807) is 11.1 Å². The summed E-state index contributed by atoms with van der Waals surface area (Å²) < 4.78 is 0. The molecule has 0 unspecified atom stereocenters. The van der Waals surface area contributed by atoms with Crippen LogP contribution in [0, 0.1) is 11.3 Å². The van der Waals surface area contributed by atoms with Crippen LogP contribution in [-0.4, -0.2) is 12.5 Å². The van der Waals surface area contributed by atoms with E-state index in [-0.39, 0.29) is 16.7 Å². The van der Waals surface area contributed by atoms with Gasteiger partial charge in [0.15, 0.2) is 0 Å². The van der Waals surface area contributed by atoms with E-state index in [0.717, 1.165) is 13.0 Å². The summed E-state index contributed by atoms with van der Waals surface area (Å²) in [4.78, 5) is 12.7. The zero-order valence-electron chi connectivity index (χ0n) is 23.1. The number of aryl methyl sites for hydroxylation is 1. The van der Waals surface area contributed by atoms with E-state index >= 15 is 0 Å². The van der Waals surface area contributed by atoms with Gasteiger partial charge in [0.2, 0.25) is 5.91 Å². The monoisotopic (exact) mass is 467 g/mol. The number of carbonyl (C=O) groups excluding carboxylic acids is 1. The quantitative estimate of drug-likeness (QED) is 0.288. The number of rotatable bonds is 13. The normalized spacial score (nSPS) is 26.2. The molecule has 1 N–H and O–H groups in total. The third-order valence-corrected chi connectivity index (χ3v) is 9.36. The molecule has 1 fully saturated rings. The van der Waals surface area contributed by atoms with Gasteiger partial charge in [0.25, 0.3) is 0 Å². The summed E-state index contributed by atoms with van der Waals surface area (Å²) in [6.07, 6.45) is 18.7. The fourth-order valence-electron chi connectivity index (χ4n) is 7.20. The summed E-state index contributed by atoms with van der Waals surface area (Å²) in [5.41, 5.74) is 5.11. The molecule has 1 amide bonds. The van der Waals surface area contributed by atoms with Gasteiger partial charge in [-0.25, -0.2) is 0 Å². The van der Waals surface area contributed by atoms with Crippen LogP contribution in [0.25, 0.3) is 0 Å². The SMILES string of the molecule is CCCCCCCCCCCC(=O)NC[C@]1(C)CCC[C@]2(C)c3ccc(C(C)C)cc3CC[C@@H]12. The lowest BCUT2D eigenvalue weighted by molar-refractivity contribution is -0.122. The minimum Gasteiger partial charge on any atom is -0.356 e. The first kappa shape index (κ1) is 27.3. The molecule has 1 saturated carbocycles. The smallest absolute Gasteiger partial charge is 0.220 e. The second-order valence-electron chi connectivity index (χ2n) is 12.4. The zero-order valence-corrected chi connectivity index (χ0v) is 23.1. The van der Waals surface area contributed by atoms with Crippen molar-refractivity contribution in [2.24, 2.45) is 11.3 Å². The van der Waals surface area contributed by atoms with Gasteiger partial charge in [0.05, 0.1) is 0 Å². The molecule has 1 aromatic rings. The molecule has 0 aliphatic heterocycles. The Hall–Kier alpha value is -1.31. The molecule has 2 heteroatoms. The maximum Gasteiger partial charge on any atom is 0.220 e. The summed E-state index contributed by atoms with van der Waals surface area (Å²) in [6.45, 7) is 12.7. The molecule has 0 bridgehead atoms. The number of amides is 1. The predicted octanol–water partition coefficient (Wildman–Crippen LogP) is 8.86. The molecule has 0 saturated heterocycles. The summed E-state index contributed by atoms with van der Waals surface area (Å²) in [7, 11) is 0. The molecular weight excluding hydrogens is 414 g/mol. The molecule has 0 radical (unpaired) electrons. The Morgan fingerprint density at radius 1 is 1.00 bits per heavy atom. The number of hydrogen-bond donors (Lipinski definition) is 1. The fourth-order valence-corrected chi connectivity index (χ4v) is 7.20. The van der Waals surface area contributed by atoms with Gasteiger partial charge >= 0.3 is 0 Å². The van der Waals surface area contributed by atoms with Crippen LogP contribution in [0.2, 0.25) is 0 Å². The highest BCUT2D eigenvalue weighted by molar-refractivity contribution is 5.75. The van der Waals surface area contributed by atoms with Crippen molar-refractivity contribution in [3.63, 3.8) is 0 Å². The van der Waals surface area contributed by atoms with E-state index in [4.69, 9.17) is 0 Å². The van der Waals surface area contributed by atoms with Gasteiger partial charge in [0.1, 0.15) is 0 Å². The van der Waals surface area contributed by atoms with Crippen molar-refractivity contribution in [1.29, 1.82) is 0 Å². The number of nitrogens with one attached hydrogen (secondary N) is 1. The minimum absolute atomic E-state index is 0.204. The molecule has 192 valence electrons. The lowest BCUT2D eigenvalue weighted by Crippen LogP contribution is -2.53. The second-order valence-corrected chi connectivity index (χ2v) is 12.4. The van der Waals surface area contributed by atoms with Gasteiger partial charge in [-0.1, -0.05) is 111 Å². The Balaban J connectivity index is 1.47. The Morgan fingerprint density at radius 2 is 1.68 bits per heavy atom. The lowest BCUT2D eigenvalue weighted by Gasteiger charge is -2.55. The largest absolute Gasteiger partial charge is 0.356 e. The van der Waals surface area contributed by atoms with Crippen molar-refractivity contribution < 1.29 is 4.79 Å². The van der Waals surface area contributed by atoms with Crippen molar-refractivity contribution >= 4 is 5.91 Å². The van der Waals surface area contributed by atoms with E-state index in [0.29, 0.717) is 18.3 Å². The van der Waals surface area contributed by atoms with Gasteiger partial charge in [-0.2, -0.15) is 0 Å². The number of unbranched alkanes of at least 4 members (excludes halogenated alkanes) is 8. The molecule has 2 nitrogen and oxygen atoms in total. The highest BCUT2D eigenvalue weighted by atomic mass is 16.1. The summed E-state index contributed by atoms with van der Waals surface area (Å²) in [6, 6.07) is 7.31. The topological polar surface area (TPSA) is 29.1 Å². The van der Waals surface area contributed by atoms with E-state index in [1.165, 1.54) is 89.0 Å². The molecule has 2 aliphatic carbocycles. The number of benzene rings is 1. The molecule has 34 heavy (non-hydrogen) atoms. The van der Waals surface area contributed by atoms with Gasteiger partial charge in [0, 0.05) is 13.0 Å². The molecular formula is C32H53NO. The molecule has 3 atom stereocenters. The predicted molar refractivity (Wildman–Crippen MR) is 147 cm³/mol. The first-order valence-electron chi connectivity index (χ1n) is 14.7. The van der Waals surface area contributed by atoms with Crippen molar-refractivity contribution in [2.45, 2.75) is 142 Å². The Bertz CT molecular complexity index is 783. The first-order valence-corrected chi connectivity index (χ1v) is 14.7. The molecule has 3 rings (SSSR count). The molecule has 0 aromatic heterocycles. The van der Waals surface area contributed by atoms with Gasteiger partial charge in [-0.3, -0.25) is 4.79 Å². The standard InChI is InChI=1S/C32H53NO/c1-6-7-8-9-10-11-12-13-14-16-30(34)33-24-31(4)21-15-22-32(5)28-19-17-26(25(2)3)23-27(28)18-20-29(31)32/h17,19,23,25,29H,6-16,18,20-22,24H2,1-5H3,(H,33,34)/t29-,31-,32+/m0/s1. The van der Waals surface area contributed by atoms with Crippen molar-refractivity contribution in [1.82, 2.24) is 5.32 Å². The number of fused-ring (bicyclic) bond motifs is 3. The number of carbonyl (C=O) groups is 1. The van der Waals surface area contributed by atoms with Gasteiger partial charge in [-0.15, -0.1) is 0 Å². The highest BCUT2D eigenvalue weighted by Crippen LogP contribution is 2.57. The average Bonchev–Trinajstić information content (AvgIpc) is 2.81. The van der Waals surface area contributed by atoms with Gasteiger partial charge < -0.3 is 5.32 Å². The van der Waals surface area contributed by atoms with Crippen LogP contribution in [0.3, 0.4) is 0 Å². The van der Waals surface area contributed by atoms with E-state index < -0.39 is 0 Å². The van der Waals surface area contributed by atoms with Crippen LogP contribution in [-0.2, 0) is 16.6 Å². The first-order chi connectivity index (χ1) is 16.3. The molecule has 2 aliphatic rings.